The molecule has 1 saturated carbocycles. The number of esters is 1. The molecule has 1 aromatic carbocycles. The van der Waals surface area contributed by atoms with Crippen LogP contribution in [-0.4, -0.2) is 24.0 Å². The van der Waals surface area contributed by atoms with E-state index in [1.807, 2.05) is 17.5 Å². The summed E-state index contributed by atoms with van der Waals surface area (Å²) in [5.74, 6) is -0.154. The molecule has 0 aliphatic heterocycles. The van der Waals surface area contributed by atoms with Gasteiger partial charge in [0.2, 0.25) is 5.91 Å². The zero-order valence-electron chi connectivity index (χ0n) is 12.2. The number of anilines is 1. The van der Waals surface area contributed by atoms with Crippen LogP contribution in [0.5, 0.6) is 0 Å². The van der Waals surface area contributed by atoms with Crippen LogP contribution in [0, 0.1) is 5.92 Å². The van der Waals surface area contributed by atoms with E-state index in [1.165, 1.54) is 18.4 Å². The summed E-state index contributed by atoms with van der Waals surface area (Å²) in [4.78, 5) is 27.7. The summed E-state index contributed by atoms with van der Waals surface area (Å²) in [6, 6.07) is 7.04. The van der Waals surface area contributed by atoms with Gasteiger partial charge in [-0.3, -0.25) is 4.79 Å². The van der Waals surface area contributed by atoms with Crippen molar-refractivity contribution in [2.24, 2.45) is 5.92 Å². The van der Waals surface area contributed by atoms with Crippen LogP contribution in [0.25, 0.3) is 11.3 Å². The van der Waals surface area contributed by atoms with Gasteiger partial charge in [-0.05, 0) is 25.0 Å². The smallest absolute Gasteiger partial charge is 0.337 e. The lowest BCUT2D eigenvalue weighted by Crippen LogP contribution is -2.27. The minimum Gasteiger partial charge on any atom is -0.465 e. The second kappa shape index (κ2) is 6.27. The Hall–Kier alpha value is -2.21. The van der Waals surface area contributed by atoms with E-state index in [0.717, 1.165) is 30.5 Å². The molecular weight excluding hydrogens is 300 g/mol. The number of ether oxygens (including phenoxy) is 1. The second-order valence-electron chi connectivity index (χ2n) is 5.22. The van der Waals surface area contributed by atoms with Crippen molar-refractivity contribution in [2.45, 2.75) is 19.3 Å². The van der Waals surface area contributed by atoms with Gasteiger partial charge >= 0.3 is 5.97 Å². The van der Waals surface area contributed by atoms with Gasteiger partial charge in [-0.1, -0.05) is 18.6 Å². The largest absolute Gasteiger partial charge is 0.465 e. The Kier molecular flexibility index (Phi) is 4.20. The highest BCUT2D eigenvalue weighted by Gasteiger charge is 2.25. The number of hydrogen-bond acceptors (Lipinski definition) is 5. The number of amides is 1. The fourth-order valence-corrected chi connectivity index (χ4v) is 2.96. The molecule has 5 nitrogen and oxygen atoms in total. The third-order valence-electron chi connectivity index (χ3n) is 3.81. The van der Waals surface area contributed by atoms with E-state index in [2.05, 4.69) is 15.0 Å². The first kappa shape index (κ1) is 14.7. The number of carbonyl (C=O) groups is 2. The van der Waals surface area contributed by atoms with Crippen molar-refractivity contribution in [1.82, 2.24) is 4.98 Å². The molecule has 2 aromatic rings. The lowest BCUT2D eigenvalue weighted by atomic mass is 9.85. The van der Waals surface area contributed by atoms with Crippen molar-refractivity contribution >= 4 is 28.3 Å². The van der Waals surface area contributed by atoms with Gasteiger partial charge in [0, 0.05) is 16.9 Å². The summed E-state index contributed by atoms with van der Waals surface area (Å²) >= 11 is 1.41. The zero-order chi connectivity index (χ0) is 15.5. The predicted molar refractivity (Wildman–Crippen MR) is 84.9 cm³/mol. The molecule has 0 unspecified atom stereocenters. The maximum absolute atomic E-state index is 11.9. The Labute approximate surface area is 132 Å². The lowest BCUT2D eigenvalue weighted by Gasteiger charge is -2.23. The van der Waals surface area contributed by atoms with Crippen molar-refractivity contribution in [3.05, 3.63) is 35.2 Å². The Morgan fingerprint density at radius 3 is 2.59 bits per heavy atom. The Balaban J connectivity index is 1.70. The number of carbonyl (C=O) groups excluding carboxylic acids is 2. The molecule has 1 heterocycles. The van der Waals surface area contributed by atoms with E-state index in [1.54, 1.807) is 12.1 Å². The third-order valence-corrected chi connectivity index (χ3v) is 4.57. The summed E-state index contributed by atoms with van der Waals surface area (Å²) in [6.07, 6.45) is 3.08. The standard InChI is InChI=1S/C16H16N2O3S/c1-21-15(20)12-7-5-10(6-8-12)13-9-22-16(17-13)18-14(19)11-3-2-4-11/h5-9,11H,2-4H2,1H3,(H,17,18,19). The van der Waals surface area contributed by atoms with Crippen LogP contribution in [0.15, 0.2) is 29.6 Å². The topological polar surface area (TPSA) is 68.3 Å². The van der Waals surface area contributed by atoms with Crippen LogP contribution in [-0.2, 0) is 9.53 Å². The first-order valence-electron chi connectivity index (χ1n) is 7.12. The molecular formula is C16H16N2O3S. The fourth-order valence-electron chi connectivity index (χ4n) is 2.24. The van der Waals surface area contributed by atoms with E-state index < -0.39 is 0 Å². The fraction of sp³-hybridized carbons (Fsp3) is 0.312. The van der Waals surface area contributed by atoms with Gasteiger partial charge in [-0.25, -0.2) is 9.78 Å². The number of thiazole rings is 1. The molecule has 1 aliphatic rings. The van der Waals surface area contributed by atoms with Gasteiger partial charge in [0.1, 0.15) is 0 Å². The summed E-state index contributed by atoms with van der Waals surface area (Å²) in [7, 11) is 1.35. The predicted octanol–water partition coefficient (Wildman–Crippen LogP) is 3.34. The molecule has 0 bridgehead atoms. The Morgan fingerprint density at radius 2 is 2.00 bits per heavy atom. The summed E-state index contributed by atoms with van der Waals surface area (Å²) in [6.45, 7) is 0. The van der Waals surface area contributed by atoms with Crippen molar-refractivity contribution in [2.75, 3.05) is 12.4 Å². The van der Waals surface area contributed by atoms with Gasteiger partial charge in [-0.15, -0.1) is 11.3 Å². The number of aromatic nitrogens is 1. The number of nitrogens with one attached hydrogen (secondary N) is 1. The normalized spacial score (nSPS) is 14.2. The maximum atomic E-state index is 11.9. The third kappa shape index (κ3) is 3.01. The van der Waals surface area contributed by atoms with Gasteiger partial charge in [0.05, 0.1) is 18.4 Å². The highest BCUT2D eigenvalue weighted by atomic mass is 32.1. The van der Waals surface area contributed by atoms with Crippen LogP contribution in [0.3, 0.4) is 0 Å². The average molecular weight is 316 g/mol. The van der Waals surface area contributed by atoms with Gasteiger partial charge < -0.3 is 10.1 Å². The van der Waals surface area contributed by atoms with Crippen LogP contribution < -0.4 is 5.32 Å². The van der Waals surface area contributed by atoms with Crippen molar-refractivity contribution in [3.8, 4) is 11.3 Å². The SMILES string of the molecule is COC(=O)c1ccc(-c2csc(NC(=O)C3CCC3)n2)cc1. The Morgan fingerprint density at radius 1 is 1.27 bits per heavy atom. The minimum absolute atomic E-state index is 0.0631. The van der Waals surface area contributed by atoms with Crippen LogP contribution in [0.1, 0.15) is 29.6 Å². The molecule has 1 aliphatic carbocycles. The molecule has 22 heavy (non-hydrogen) atoms. The van der Waals surface area contributed by atoms with E-state index in [4.69, 9.17) is 0 Å². The quantitative estimate of drug-likeness (QED) is 0.878. The van der Waals surface area contributed by atoms with Gasteiger partial charge in [0.15, 0.2) is 5.13 Å². The second-order valence-corrected chi connectivity index (χ2v) is 6.08. The minimum atomic E-state index is -0.363. The molecule has 1 amide bonds. The number of methoxy groups -OCH3 is 1. The molecule has 0 radical (unpaired) electrons. The molecule has 0 atom stereocenters. The molecule has 6 heteroatoms. The van der Waals surface area contributed by atoms with E-state index in [9.17, 15) is 9.59 Å². The number of benzene rings is 1. The van der Waals surface area contributed by atoms with E-state index in [0.29, 0.717) is 10.7 Å². The molecule has 0 saturated heterocycles. The molecule has 114 valence electrons. The highest BCUT2D eigenvalue weighted by Crippen LogP contribution is 2.29. The van der Waals surface area contributed by atoms with Gasteiger partial charge in [-0.2, -0.15) is 0 Å². The molecule has 1 aromatic heterocycles. The molecule has 1 fully saturated rings. The van der Waals surface area contributed by atoms with Gasteiger partial charge in [0.25, 0.3) is 0 Å². The summed E-state index contributed by atoms with van der Waals surface area (Å²) in [5, 5.41) is 5.37. The number of rotatable bonds is 4. The Bertz CT molecular complexity index is 690. The first-order valence-corrected chi connectivity index (χ1v) is 8.00. The number of hydrogen-bond donors (Lipinski definition) is 1. The lowest BCUT2D eigenvalue weighted by molar-refractivity contribution is -0.122. The summed E-state index contributed by atoms with van der Waals surface area (Å²) in [5.41, 5.74) is 2.18. The highest BCUT2D eigenvalue weighted by molar-refractivity contribution is 7.14. The monoisotopic (exact) mass is 316 g/mol. The molecule has 3 rings (SSSR count). The van der Waals surface area contributed by atoms with Crippen LogP contribution in [0.4, 0.5) is 5.13 Å². The van der Waals surface area contributed by atoms with Crippen LogP contribution >= 0.6 is 11.3 Å². The molecule has 0 spiro atoms. The van der Waals surface area contributed by atoms with Crippen molar-refractivity contribution in [1.29, 1.82) is 0 Å². The number of nitrogens with zero attached hydrogens (tertiary/aromatic N) is 1. The van der Waals surface area contributed by atoms with E-state index >= 15 is 0 Å². The summed E-state index contributed by atoms with van der Waals surface area (Å²) < 4.78 is 4.67. The van der Waals surface area contributed by atoms with Crippen LogP contribution in [0.2, 0.25) is 0 Å². The first-order chi connectivity index (χ1) is 10.7. The maximum Gasteiger partial charge on any atom is 0.337 e. The van der Waals surface area contributed by atoms with Crippen molar-refractivity contribution in [3.63, 3.8) is 0 Å². The van der Waals surface area contributed by atoms with E-state index in [-0.39, 0.29) is 17.8 Å². The van der Waals surface area contributed by atoms with Crippen molar-refractivity contribution < 1.29 is 14.3 Å². The average Bonchev–Trinajstić information content (AvgIpc) is 2.93. The molecule has 1 N–H and O–H groups in total. The zero-order valence-corrected chi connectivity index (χ0v) is 13.0.